The van der Waals surface area contributed by atoms with Crippen molar-refractivity contribution in [3.8, 4) is 0 Å². The molecule has 0 amide bonds. The molecule has 0 spiro atoms. The van der Waals surface area contributed by atoms with Crippen molar-refractivity contribution < 1.29 is 0 Å². The van der Waals surface area contributed by atoms with Crippen molar-refractivity contribution in [1.82, 2.24) is 0 Å². The number of thiocarbonyl (C=S) groups is 1. The first-order valence-electron chi connectivity index (χ1n) is 7.97. The fourth-order valence-electron chi connectivity index (χ4n) is 2.86. The first-order chi connectivity index (χ1) is 11.7. The molecule has 0 fully saturated rings. The lowest BCUT2D eigenvalue weighted by Gasteiger charge is -2.16. The van der Waals surface area contributed by atoms with Crippen molar-refractivity contribution in [2.45, 2.75) is 12.8 Å². The van der Waals surface area contributed by atoms with Crippen LogP contribution in [0.15, 0.2) is 78.9 Å². The van der Waals surface area contributed by atoms with Gasteiger partial charge in [0.2, 0.25) is 0 Å². The van der Waals surface area contributed by atoms with Gasteiger partial charge in [0, 0.05) is 5.69 Å². The van der Waals surface area contributed by atoms with Crippen LogP contribution in [-0.4, -0.2) is 5.11 Å². The molecule has 0 bridgehead atoms. The largest absolute Gasteiger partial charge is 0.376 e. The lowest BCUT2D eigenvalue weighted by molar-refractivity contribution is 1.14. The van der Waals surface area contributed by atoms with E-state index in [0.717, 1.165) is 18.5 Å². The molecule has 3 aromatic carbocycles. The summed E-state index contributed by atoms with van der Waals surface area (Å²) in [7, 11) is 0. The monoisotopic (exact) mass is 332 g/mol. The smallest absolute Gasteiger partial charge is 0.168 e. The molecule has 0 radical (unpaired) electrons. The highest BCUT2D eigenvalue weighted by atomic mass is 32.1. The van der Waals surface area contributed by atoms with Crippen molar-refractivity contribution in [3.63, 3.8) is 0 Å². The molecule has 0 saturated heterocycles. The molecule has 0 aliphatic heterocycles. The Bertz CT molecular complexity index is 754. The molecular formula is C21H20N2S. The van der Waals surface area contributed by atoms with Crippen LogP contribution >= 0.6 is 12.2 Å². The molecule has 0 aliphatic carbocycles. The zero-order chi connectivity index (χ0) is 16.8. The summed E-state index contributed by atoms with van der Waals surface area (Å²) in [5, 5.41) is 3.49. The topological polar surface area (TPSA) is 38.0 Å². The molecule has 3 N–H and O–H groups in total. The van der Waals surface area contributed by atoms with Crippen molar-refractivity contribution in [3.05, 3.63) is 101 Å². The third-order valence-corrected chi connectivity index (χ3v) is 4.06. The van der Waals surface area contributed by atoms with Gasteiger partial charge in [0.1, 0.15) is 0 Å². The minimum absolute atomic E-state index is 0.296. The average molecular weight is 332 g/mol. The van der Waals surface area contributed by atoms with Gasteiger partial charge < -0.3 is 11.1 Å². The van der Waals surface area contributed by atoms with Gasteiger partial charge >= 0.3 is 0 Å². The Morgan fingerprint density at radius 2 is 1.17 bits per heavy atom. The molecule has 2 nitrogen and oxygen atoms in total. The quantitative estimate of drug-likeness (QED) is 0.675. The Hall–Kier alpha value is -2.65. The molecule has 3 rings (SSSR count). The summed E-state index contributed by atoms with van der Waals surface area (Å²) in [5.74, 6) is 0. The second-order valence-electron chi connectivity index (χ2n) is 5.77. The zero-order valence-corrected chi connectivity index (χ0v) is 14.2. The highest BCUT2D eigenvalue weighted by molar-refractivity contribution is 7.80. The summed E-state index contributed by atoms with van der Waals surface area (Å²) in [4.78, 5) is 0. The maximum Gasteiger partial charge on any atom is 0.168 e. The summed E-state index contributed by atoms with van der Waals surface area (Å²) in [5.41, 5.74) is 11.7. The molecule has 0 saturated carbocycles. The van der Waals surface area contributed by atoms with Gasteiger partial charge in [0.05, 0.1) is 0 Å². The molecular weight excluding hydrogens is 312 g/mol. The molecule has 0 aromatic heterocycles. The number of nitrogens with one attached hydrogen (secondary N) is 1. The minimum atomic E-state index is 0.296. The number of anilines is 1. The van der Waals surface area contributed by atoms with Crippen molar-refractivity contribution in [2.24, 2.45) is 5.73 Å². The summed E-state index contributed by atoms with van der Waals surface area (Å²) in [6.07, 6.45) is 1.68. The van der Waals surface area contributed by atoms with Gasteiger partial charge in [-0.05, 0) is 47.3 Å². The Labute approximate surface area is 148 Å². The van der Waals surface area contributed by atoms with Gasteiger partial charge in [-0.1, -0.05) is 78.9 Å². The van der Waals surface area contributed by atoms with E-state index in [0.29, 0.717) is 5.11 Å². The molecule has 0 unspecified atom stereocenters. The highest BCUT2D eigenvalue weighted by Crippen LogP contribution is 2.26. The predicted octanol–water partition coefficient (Wildman–Crippen LogP) is 4.52. The third-order valence-electron chi connectivity index (χ3n) is 3.96. The first-order valence-corrected chi connectivity index (χ1v) is 8.38. The molecule has 0 atom stereocenters. The second-order valence-corrected chi connectivity index (χ2v) is 6.21. The van der Waals surface area contributed by atoms with Crippen molar-refractivity contribution in [1.29, 1.82) is 0 Å². The Kier molecular flexibility index (Phi) is 5.24. The zero-order valence-electron chi connectivity index (χ0n) is 13.4. The predicted molar refractivity (Wildman–Crippen MR) is 105 cm³/mol. The van der Waals surface area contributed by atoms with Gasteiger partial charge in [-0.3, -0.25) is 0 Å². The van der Waals surface area contributed by atoms with Crippen molar-refractivity contribution in [2.75, 3.05) is 5.32 Å². The molecule has 3 heteroatoms. The Balaban J connectivity index is 1.96. The molecule has 0 aliphatic rings. The number of rotatable bonds is 5. The van der Waals surface area contributed by atoms with Crippen LogP contribution in [0.2, 0.25) is 0 Å². The minimum Gasteiger partial charge on any atom is -0.376 e. The van der Waals surface area contributed by atoms with E-state index in [-0.39, 0.29) is 0 Å². The van der Waals surface area contributed by atoms with E-state index in [1.807, 2.05) is 12.1 Å². The summed E-state index contributed by atoms with van der Waals surface area (Å²) < 4.78 is 0. The van der Waals surface area contributed by atoms with E-state index in [1.165, 1.54) is 22.3 Å². The maximum absolute atomic E-state index is 5.77. The average Bonchev–Trinajstić information content (AvgIpc) is 2.59. The standard InChI is InChI=1S/C21H20N2S/c22-21(24)23-20-18(14-16-8-3-1-4-9-16)12-7-13-19(20)15-17-10-5-2-6-11-17/h1-13H,14-15H2,(H3,22,23,24). The van der Waals surface area contributed by atoms with Gasteiger partial charge in [0.15, 0.2) is 5.11 Å². The van der Waals surface area contributed by atoms with Crippen LogP contribution in [0.1, 0.15) is 22.3 Å². The van der Waals surface area contributed by atoms with Crippen LogP contribution in [0.3, 0.4) is 0 Å². The molecule has 0 heterocycles. The second kappa shape index (κ2) is 7.75. The van der Waals surface area contributed by atoms with Gasteiger partial charge in [-0.2, -0.15) is 0 Å². The van der Waals surface area contributed by atoms with Crippen LogP contribution in [0, 0.1) is 0 Å². The summed E-state index contributed by atoms with van der Waals surface area (Å²) in [6.45, 7) is 0. The third kappa shape index (κ3) is 4.21. The highest BCUT2D eigenvalue weighted by Gasteiger charge is 2.10. The Morgan fingerprint density at radius 1 is 0.708 bits per heavy atom. The van der Waals surface area contributed by atoms with E-state index < -0.39 is 0 Å². The number of nitrogens with two attached hydrogens (primary N) is 1. The number of benzene rings is 3. The lowest BCUT2D eigenvalue weighted by atomic mass is 9.96. The lowest BCUT2D eigenvalue weighted by Crippen LogP contribution is -2.21. The van der Waals surface area contributed by atoms with E-state index >= 15 is 0 Å². The van der Waals surface area contributed by atoms with E-state index in [9.17, 15) is 0 Å². The fourth-order valence-corrected chi connectivity index (χ4v) is 2.97. The van der Waals surface area contributed by atoms with Gasteiger partial charge in [-0.15, -0.1) is 0 Å². The van der Waals surface area contributed by atoms with Crippen LogP contribution in [-0.2, 0) is 12.8 Å². The summed E-state index contributed by atoms with van der Waals surface area (Å²) >= 11 is 5.09. The van der Waals surface area contributed by atoms with Crippen LogP contribution in [0.4, 0.5) is 5.69 Å². The van der Waals surface area contributed by atoms with E-state index in [4.69, 9.17) is 18.0 Å². The molecule has 120 valence electrons. The maximum atomic E-state index is 5.77. The summed E-state index contributed by atoms with van der Waals surface area (Å²) in [6, 6.07) is 27.2. The number of hydrogen-bond donors (Lipinski definition) is 2. The van der Waals surface area contributed by atoms with Crippen LogP contribution in [0.25, 0.3) is 0 Å². The molecule has 24 heavy (non-hydrogen) atoms. The van der Waals surface area contributed by atoms with Crippen molar-refractivity contribution >= 4 is 23.0 Å². The number of hydrogen-bond acceptors (Lipinski definition) is 1. The van der Waals surface area contributed by atoms with Gasteiger partial charge in [0.25, 0.3) is 0 Å². The van der Waals surface area contributed by atoms with E-state index in [2.05, 4.69) is 72.0 Å². The Morgan fingerprint density at radius 3 is 1.58 bits per heavy atom. The first kappa shape index (κ1) is 16.2. The fraction of sp³-hybridized carbons (Fsp3) is 0.0952. The van der Waals surface area contributed by atoms with E-state index in [1.54, 1.807) is 0 Å². The van der Waals surface area contributed by atoms with Crippen LogP contribution in [0.5, 0.6) is 0 Å². The van der Waals surface area contributed by atoms with Crippen LogP contribution < -0.4 is 11.1 Å². The van der Waals surface area contributed by atoms with Gasteiger partial charge in [-0.25, -0.2) is 0 Å². The molecule has 3 aromatic rings. The SMILES string of the molecule is NC(=S)Nc1c(Cc2ccccc2)cccc1Cc1ccccc1. The number of para-hydroxylation sites is 1. The normalized spacial score (nSPS) is 10.3.